The third-order valence-corrected chi connectivity index (χ3v) is 1.95. The summed E-state index contributed by atoms with van der Waals surface area (Å²) in [6.07, 6.45) is 1.43. The Kier molecular flexibility index (Phi) is 2.70. The van der Waals surface area contributed by atoms with E-state index in [2.05, 4.69) is 32.2 Å². The van der Waals surface area contributed by atoms with Gasteiger partial charge >= 0.3 is 0 Å². The predicted molar refractivity (Wildman–Crippen MR) is 57.7 cm³/mol. The molecular weight excluding hydrogens is 214 g/mol. The van der Waals surface area contributed by atoms with Crippen LogP contribution in [-0.2, 0) is 0 Å². The Morgan fingerprint density at radius 1 is 1.60 bits per heavy atom. The van der Waals surface area contributed by atoms with E-state index in [0.29, 0.717) is 17.5 Å². The van der Waals surface area contributed by atoms with E-state index in [0.717, 1.165) is 5.82 Å². The highest BCUT2D eigenvalue weighted by atomic mass is 35.5. The van der Waals surface area contributed by atoms with Crippen LogP contribution in [0, 0.1) is 11.8 Å². The number of hydrogen-bond acceptors (Lipinski definition) is 4. The Balaban J connectivity index is 2.38. The summed E-state index contributed by atoms with van der Waals surface area (Å²) in [5.74, 6) is 6.87. The molecule has 6 heteroatoms. The largest absolute Gasteiger partial charge is 0.359 e. The molecule has 2 aromatic heterocycles. The maximum Gasteiger partial charge on any atom is 0.255 e. The molecule has 15 heavy (non-hydrogen) atoms. The fourth-order valence-corrected chi connectivity index (χ4v) is 1.31. The Morgan fingerprint density at radius 2 is 2.47 bits per heavy atom. The Morgan fingerprint density at radius 3 is 3.27 bits per heavy atom. The first kappa shape index (κ1) is 9.74. The monoisotopic (exact) mass is 221 g/mol. The lowest BCUT2D eigenvalue weighted by molar-refractivity contribution is 0.938. The van der Waals surface area contributed by atoms with E-state index >= 15 is 0 Å². The van der Waals surface area contributed by atoms with Gasteiger partial charge < -0.3 is 5.32 Å². The van der Waals surface area contributed by atoms with Crippen LogP contribution in [-0.4, -0.2) is 26.1 Å². The smallest absolute Gasteiger partial charge is 0.255 e. The Hall–Kier alpha value is -1.80. The molecule has 0 amide bonds. The van der Waals surface area contributed by atoms with Crippen molar-refractivity contribution >= 4 is 23.2 Å². The van der Waals surface area contributed by atoms with Crippen LogP contribution in [0.3, 0.4) is 0 Å². The Labute approximate surface area is 91.5 Å². The van der Waals surface area contributed by atoms with Crippen LogP contribution in [0.15, 0.2) is 12.4 Å². The molecule has 1 N–H and O–H groups in total. The predicted octanol–water partition coefficient (Wildman–Crippen LogP) is 1.21. The van der Waals surface area contributed by atoms with Crippen molar-refractivity contribution < 1.29 is 0 Å². The van der Waals surface area contributed by atoms with E-state index < -0.39 is 0 Å². The fourth-order valence-electron chi connectivity index (χ4n) is 1.13. The number of aromatic nitrogens is 4. The first-order valence-electron chi connectivity index (χ1n) is 4.31. The number of nitrogens with zero attached hydrogens (tertiary/aromatic N) is 4. The van der Waals surface area contributed by atoms with Gasteiger partial charge in [0, 0.05) is 6.07 Å². The van der Waals surface area contributed by atoms with Gasteiger partial charge in [-0.25, -0.2) is 0 Å². The summed E-state index contributed by atoms with van der Waals surface area (Å²) in [4.78, 5) is 7.95. The fraction of sp³-hybridized carbons (Fsp3) is 0.222. The lowest BCUT2D eigenvalue weighted by Crippen LogP contribution is -2.06. The quantitative estimate of drug-likeness (QED) is 0.612. The summed E-state index contributed by atoms with van der Waals surface area (Å²) in [5.41, 5.74) is 0. The third-order valence-electron chi connectivity index (χ3n) is 1.76. The first-order valence-corrected chi connectivity index (χ1v) is 4.69. The molecule has 76 valence electrons. The highest BCUT2D eigenvalue weighted by Crippen LogP contribution is 2.13. The van der Waals surface area contributed by atoms with Crippen molar-refractivity contribution in [1.82, 2.24) is 19.6 Å². The van der Waals surface area contributed by atoms with Crippen LogP contribution < -0.4 is 5.32 Å². The second-order valence-corrected chi connectivity index (χ2v) is 3.10. The molecule has 0 aliphatic heterocycles. The minimum atomic E-state index is 0.377. The standard InChI is InChI=1S/C9H8ClN5/c1-2-3-4-11-8-5-7(10)14-9-12-6-13-15(8)9/h5-6,11H,4H2,1H3. The van der Waals surface area contributed by atoms with Crippen LogP contribution in [0.4, 0.5) is 5.82 Å². The van der Waals surface area contributed by atoms with Crippen molar-refractivity contribution in [3.63, 3.8) is 0 Å². The molecule has 2 aromatic rings. The van der Waals surface area contributed by atoms with E-state index in [4.69, 9.17) is 11.6 Å². The molecular formula is C9H8ClN5. The molecule has 0 saturated carbocycles. The summed E-state index contributed by atoms with van der Waals surface area (Å²) in [6.45, 7) is 2.32. The normalized spacial score (nSPS) is 9.73. The lowest BCUT2D eigenvalue weighted by Gasteiger charge is -2.04. The number of halogens is 1. The van der Waals surface area contributed by atoms with Crippen LogP contribution >= 0.6 is 11.6 Å². The third kappa shape index (κ3) is 2.00. The van der Waals surface area contributed by atoms with Crippen molar-refractivity contribution in [3.05, 3.63) is 17.5 Å². The van der Waals surface area contributed by atoms with Crippen molar-refractivity contribution in [2.24, 2.45) is 0 Å². The zero-order chi connectivity index (χ0) is 10.7. The van der Waals surface area contributed by atoms with Gasteiger partial charge in [-0.05, 0) is 6.92 Å². The molecule has 0 spiro atoms. The number of rotatable bonds is 2. The van der Waals surface area contributed by atoms with Gasteiger partial charge in [0.1, 0.15) is 17.3 Å². The zero-order valence-electron chi connectivity index (χ0n) is 8.03. The number of fused-ring (bicyclic) bond motifs is 1. The van der Waals surface area contributed by atoms with Crippen LogP contribution in [0.2, 0.25) is 5.15 Å². The minimum Gasteiger partial charge on any atom is -0.359 e. The molecule has 0 saturated heterocycles. The Bertz CT molecular complexity index is 536. The summed E-state index contributed by atoms with van der Waals surface area (Å²) in [6, 6.07) is 1.68. The summed E-state index contributed by atoms with van der Waals surface area (Å²) in [5, 5.41) is 7.47. The highest BCUT2D eigenvalue weighted by Gasteiger charge is 2.04. The van der Waals surface area contributed by atoms with Gasteiger partial charge in [0.25, 0.3) is 5.78 Å². The van der Waals surface area contributed by atoms with Gasteiger partial charge in [-0.1, -0.05) is 17.5 Å². The van der Waals surface area contributed by atoms with Crippen LogP contribution in [0.25, 0.3) is 5.78 Å². The van der Waals surface area contributed by atoms with Crippen molar-refractivity contribution in [3.8, 4) is 11.8 Å². The van der Waals surface area contributed by atoms with E-state index in [1.807, 2.05) is 0 Å². The summed E-state index contributed by atoms with van der Waals surface area (Å²) >= 11 is 5.83. The molecule has 0 aliphatic rings. The van der Waals surface area contributed by atoms with Crippen molar-refractivity contribution in [2.45, 2.75) is 6.92 Å². The highest BCUT2D eigenvalue weighted by molar-refractivity contribution is 6.29. The van der Waals surface area contributed by atoms with Crippen molar-refractivity contribution in [2.75, 3.05) is 11.9 Å². The molecule has 5 nitrogen and oxygen atoms in total. The SMILES string of the molecule is CC#CCNc1cc(Cl)nc2ncnn12. The molecule has 0 atom stereocenters. The number of hydrogen-bond donors (Lipinski definition) is 1. The zero-order valence-corrected chi connectivity index (χ0v) is 8.78. The average molecular weight is 222 g/mol. The van der Waals surface area contributed by atoms with E-state index in [1.165, 1.54) is 6.33 Å². The second kappa shape index (κ2) is 4.15. The maximum absolute atomic E-state index is 5.83. The van der Waals surface area contributed by atoms with E-state index in [9.17, 15) is 0 Å². The first-order chi connectivity index (χ1) is 7.31. The summed E-state index contributed by atoms with van der Waals surface area (Å²) in [7, 11) is 0. The maximum atomic E-state index is 5.83. The molecule has 0 fully saturated rings. The van der Waals surface area contributed by atoms with Gasteiger partial charge in [0.05, 0.1) is 6.54 Å². The average Bonchev–Trinajstić information content (AvgIpc) is 2.65. The summed E-state index contributed by atoms with van der Waals surface area (Å²) < 4.78 is 1.57. The minimum absolute atomic E-state index is 0.377. The second-order valence-electron chi connectivity index (χ2n) is 2.72. The number of nitrogens with one attached hydrogen (secondary N) is 1. The van der Waals surface area contributed by atoms with Crippen molar-refractivity contribution in [1.29, 1.82) is 0 Å². The molecule has 2 rings (SSSR count). The van der Waals surface area contributed by atoms with E-state index in [1.54, 1.807) is 17.5 Å². The number of anilines is 1. The van der Waals surface area contributed by atoms with Gasteiger partial charge in [-0.3, -0.25) is 0 Å². The molecule has 0 bridgehead atoms. The van der Waals surface area contributed by atoms with E-state index in [-0.39, 0.29) is 0 Å². The topological polar surface area (TPSA) is 55.1 Å². The molecule has 0 aliphatic carbocycles. The molecule has 0 aromatic carbocycles. The molecule has 2 heterocycles. The van der Waals surface area contributed by atoms with Gasteiger partial charge in [0.2, 0.25) is 0 Å². The van der Waals surface area contributed by atoms with Crippen LogP contribution in [0.1, 0.15) is 6.92 Å². The van der Waals surface area contributed by atoms with Crippen LogP contribution in [0.5, 0.6) is 0 Å². The van der Waals surface area contributed by atoms with Gasteiger partial charge in [-0.15, -0.1) is 5.92 Å². The van der Waals surface area contributed by atoms with Gasteiger partial charge in [0.15, 0.2) is 0 Å². The van der Waals surface area contributed by atoms with Gasteiger partial charge in [-0.2, -0.15) is 19.6 Å². The molecule has 0 unspecified atom stereocenters. The lowest BCUT2D eigenvalue weighted by atomic mass is 10.5. The molecule has 0 radical (unpaired) electrons.